The van der Waals surface area contributed by atoms with Crippen LogP contribution in [0.25, 0.3) is 10.9 Å². The van der Waals surface area contributed by atoms with Crippen LogP contribution in [0.5, 0.6) is 0 Å². The average molecular weight is 419 g/mol. The zero-order valence-electron chi connectivity index (χ0n) is 17.8. The molecule has 0 unspecified atom stereocenters. The van der Waals surface area contributed by atoms with Gasteiger partial charge >= 0.3 is 0 Å². The Morgan fingerprint density at radius 3 is 2.71 bits per heavy atom. The molecule has 3 heterocycles. The smallest absolute Gasteiger partial charge is 0.258 e. The first-order chi connectivity index (χ1) is 15.0. The standard InChI is InChI=1S/C23H27N7O/c1-16(28-31)20-7-8-22(24)30(27-20)23(25)13-17-5-6-21-19(11-17)12-18(14-26-21)15-29-9-3-2-4-10-29/h5-8,11-12,14,24-25H,2-4,9-10,13,15H2,1H3,(H,27,31)/p+1. The van der Waals surface area contributed by atoms with Gasteiger partial charge in [0.05, 0.1) is 11.9 Å². The molecule has 0 radical (unpaired) electrons. The Bertz CT molecular complexity index is 1140. The molecule has 2 aromatic heterocycles. The molecule has 0 spiro atoms. The van der Waals surface area contributed by atoms with E-state index >= 15 is 0 Å². The fourth-order valence-electron chi connectivity index (χ4n) is 3.96. The van der Waals surface area contributed by atoms with Crippen LogP contribution in [-0.4, -0.2) is 44.8 Å². The van der Waals surface area contributed by atoms with Gasteiger partial charge in [0.25, 0.3) is 5.84 Å². The van der Waals surface area contributed by atoms with Crippen LogP contribution in [0.4, 0.5) is 5.82 Å². The molecule has 0 amide bonds. The lowest BCUT2D eigenvalue weighted by Gasteiger charge is -2.26. The van der Waals surface area contributed by atoms with Crippen molar-refractivity contribution in [2.24, 2.45) is 5.16 Å². The molecular formula is C23H28N7O+. The second-order valence-electron chi connectivity index (χ2n) is 8.07. The van der Waals surface area contributed by atoms with Crippen molar-refractivity contribution in [3.8, 4) is 0 Å². The van der Waals surface area contributed by atoms with Gasteiger partial charge in [0.15, 0.2) is 0 Å². The monoisotopic (exact) mass is 418 g/mol. The quantitative estimate of drug-likeness (QED) is 0.194. The maximum Gasteiger partial charge on any atom is 0.258 e. The number of nitrogen functional groups attached to an aromatic ring is 1. The van der Waals surface area contributed by atoms with Crippen molar-refractivity contribution in [3.05, 3.63) is 59.4 Å². The number of nitrogens with zero attached hydrogens (tertiary/aromatic N) is 5. The van der Waals surface area contributed by atoms with Gasteiger partial charge < -0.3 is 10.9 Å². The van der Waals surface area contributed by atoms with Crippen molar-refractivity contribution < 1.29 is 9.89 Å². The SMILES string of the molecule is C/C(=N\O)c1ccc(N)[n+](C(=N)Cc2ccc3ncc(CN4CCCCC4)cc3c2)n1. The summed E-state index contributed by atoms with van der Waals surface area (Å²) in [5, 5.41) is 26.1. The third-order valence-corrected chi connectivity index (χ3v) is 5.67. The normalized spacial score (nSPS) is 15.3. The highest BCUT2D eigenvalue weighted by Crippen LogP contribution is 2.19. The van der Waals surface area contributed by atoms with Crippen LogP contribution in [-0.2, 0) is 13.0 Å². The Hall–Kier alpha value is -3.39. The summed E-state index contributed by atoms with van der Waals surface area (Å²) < 4.78 is 1.37. The van der Waals surface area contributed by atoms with Crippen LogP contribution < -0.4 is 10.4 Å². The first-order valence-electron chi connectivity index (χ1n) is 10.6. The Balaban J connectivity index is 1.54. The summed E-state index contributed by atoms with van der Waals surface area (Å²) >= 11 is 0. The maximum absolute atomic E-state index is 8.99. The van der Waals surface area contributed by atoms with Crippen LogP contribution in [0.2, 0.25) is 0 Å². The minimum Gasteiger partial charge on any atom is -0.411 e. The van der Waals surface area contributed by atoms with Gasteiger partial charge in [0.1, 0.15) is 11.4 Å². The number of aromatic nitrogens is 3. The molecular weight excluding hydrogens is 390 g/mol. The van der Waals surface area contributed by atoms with E-state index in [9.17, 15) is 0 Å². The molecule has 8 nitrogen and oxygen atoms in total. The Labute approximate surface area is 181 Å². The van der Waals surface area contributed by atoms with Crippen LogP contribution in [0, 0.1) is 5.41 Å². The molecule has 160 valence electrons. The van der Waals surface area contributed by atoms with E-state index in [0.29, 0.717) is 23.6 Å². The molecule has 0 bridgehead atoms. The molecule has 8 heteroatoms. The van der Waals surface area contributed by atoms with E-state index in [4.69, 9.17) is 16.4 Å². The van der Waals surface area contributed by atoms with Crippen molar-refractivity contribution in [2.75, 3.05) is 18.8 Å². The molecule has 0 aliphatic carbocycles. The molecule has 1 aliphatic heterocycles. The summed E-state index contributed by atoms with van der Waals surface area (Å²) in [6, 6.07) is 11.6. The highest BCUT2D eigenvalue weighted by molar-refractivity contribution is 5.96. The fraction of sp³-hybridized carbons (Fsp3) is 0.348. The number of hydrogen-bond acceptors (Lipinski definition) is 7. The van der Waals surface area contributed by atoms with Gasteiger partial charge in [-0.2, -0.15) is 5.41 Å². The van der Waals surface area contributed by atoms with Crippen LogP contribution in [0.3, 0.4) is 0 Å². The molecule has 31 heavy (non-hydrogen) atoms. The molecule has 3 aromatic rings. The van der Waals surface area contributed by atoms with Crippen molar-refractivity contribution in [1.29, 1.82) is 5.41 Å². The Kier molecular flexibility index (Phi) is 6.18. The van der Waals surface area contributed by atoms with Crippen molar-refractivity contribution in [1.82, 2.24) is 15.0 Å². The number of likely N-dealkylation sites (tertiary alicyclic amines) is 1. The average Bonchev–Trinajstić information content (AvgIpc) is 2.79. The van der Waals surface area contributed by atoms with Gasteiger partial charge in [-0.25, -0.2) is 0 Å². The third-order valence-electron chi connectivity index (χ3n) is 5.67. The zero-order valence-corrected chi connectivity index (χ0v) is 17.8. The molecule has 4 N–H and O–H groups in total. The molecule has 0 saturated carbocycles. The number of piperidine rings is 1. The number of nitrogens with one attached hydrogen (secondary N) is 1. The molecule has 1 saturated heterocycles. The molecule has 1 fully saturated rings. The second kappa shape index (κ2) is 9.18. The lowest BCUT2D eigenvalue weighted by molar-refractivity contribution is -0.610. The van der Waals surface area contributed by atoms with E-state index in [-0.39, 0.29) is 5.84 Å². The van der Waals surface area contributed by atoms with E-state index in [0.717, 1.165) is 36.1 Å². The van der Waals surface area contributed by atoms with Gasteiger partial charge in [-0.3, -0.25) is 9.88 Å². The third kappa shape index (κ3) is 4.86. The van der Waals surface area contributed by atoms with Crippen LogP contribution >= 0.6 is 0 Å². The summed E-state index contributed by atoms with van der Waals surface area (Å²) in [6.07, 6.45) is 6.21. The summed E-state index contributed by atoms with van der Waals surface area (Å²) in [4.78, 5) is 7.11. The number of fused-ring (bicyclic) bond motifs is 1. The molecule has 1 aromatic carbocycles. The lowest BCUT2D eigenvalue weighted by atomic mass is 10.1. The maximum atomic E-state index is 8.99. The van der Waals surface area contributed by atoms with Gasteiger partial charge in [-0.15, -0.1) is 9.78 Å². The number of anilines is 1. The minimum atomic E-state index is 0.238. The zero-order chi connectivity index (χ0) is 21.8. The predicted octanol–water partition coefficient (Wildman–Crippen LogP) is 2.75. The topological polar surface area (TPSA) is 115 Å². The van der Waals surface area contributed by atoms with Crippen molar-refractivity contribution in [2.45, 2.75) is 39.2 Å². The number of benzene rings is 1. The predicted molar refractivity (Wildman–Crippen MR) is 121 cm³/mol. The second-order valence-corrected chi connectivity index (χ2v) is 8.07. The molecule has 1 aliphatic rings. The Morgan fingerprint density at radius 1 is 1.16 bits per heavy atom. The summed E-state index contributed by atoms with van der Waals surface area (Å²) in [5.41, 5.74) is 10.00. The number of oxime groups is 1. The highest BCUT2D eigenvalue weighted by Gasteiger charge is 2.16. The van der Waals surface area contributed by atoms with Crippen LogP contribution in [0.15, 0.2) is 47.8 Å². The summed E-state index contributed by atoms with van der Waals surface area (Å²) in [5.74, 6) is 0.590. The molecule has 0 atom stereocenters. The Morgan fingerprint density at radius 2 is 1.94 bits per heavy atom. The van der Waals surface area contributed by atoms with Gasteiger partial charge in [0, 0.05) is 24.2 Å². The largest absolute Gasteiger partial charge is 0.411 e. The van der Waals surface area contributed by atoms with E-state index < -0.39 is 0 Å². The van der Waals surface area contributed by atoms with Gasteiger partial charge in [0.2, 0.25) is 5.82 Å². The van der Waals surface area contributed by atoms with E-state index in [1.807, 2.05) is 18.3 Å². The number of rotatable bonds is 5. The fourth-order valence-corrected chi connectivity index (χ4v) is 3.96. The lowest BCUT2D eigenvalue weighted by Crippen LogP contribution is -2.50. The van der Waals surface area contributed by atoms with E-state index in [1.165, 1.54) is 29.5 Å². The van der Waals surface area contributed by atoms with Gasteiger partial charge in [-0.05, 0) is 68.2 Å². The van der Waals surface area contributed by atoms with E-state index in [1.54, 1.807) is 19.1 Å². The number of pyridine rings is 1. The summed E-state index contributed by atoms with van der Waals surface area (Å²) in [7, 11) is 0. The highest BCUT2D eigenvalue weighted by atomic mass is 16.4. The first-order valence-corrected chi connectivity index (χ1v) is 10.6. The minimum absolute atomic E-state index is 0.238. The van der Waals surface area contributed by atoms with Crippen LogP contribution in [0.1, 0.15) is 43.0 Å². The van der Waals surface area contributed by atoms with Crippen molar-refractivity contribution in [3.63, 3.8) is 0 Å². The molecule has 4 rings (SSSR count). The van der Waals surface area contributed by atoms with E-state index in [2.05, 4.69) is 32.3 Å². The number of nitrogens with two attached hydrogens (primary N) is 1. The summed E-state index contributed by atoms with van der Waals surface area (Å²) in [6.45, 7) is 4.88. The number of hydrogen-bond donors (Lipinski definition) is 3. The first kappa shape index (κ1) is 20.9. The van der Waals surface area contributed by atoms with Gasteiger partial charge in [-0.1, -0.05) is 17.6 Å². The van der Waals surface area contributed by atoms with Crippen molar-refractivity contribution >= 4 is 28.3 Å².